The number of hydrogen-bond acceptors (Lipinski definition) is 4. The fraction of sp³-hybridized carbons (Fsp3) is 0.227. The molecule has 0 spiro atoms. The lowest BCUT2D eigenvalue weighted by molar-refractivity contribution is -0.114. The van der Waals surface area contributed by atoms with Crippen molar-refractivity contribution in [3.63, 3.8) is 0 Å². The molecule has 3 rings (SSSR count). The van der Waals surface area contributed by atoms with Crippen molar-refractivity contribution in [1.29, 1.82) is 0 Å². The molecule has 3 aromatic rings. The number of benzene rings is 2. The van der Waals surface area contributed by atoms with E-state index in [4.69, 9.17) is 4.74 Å². The highest BCUT2D eigenvalue weighted by molar-refractivity contribution is 6.08. The maximum atomic E-state index is 13.0. The summed E-state index contributed by atoms with van der Waals surface area (Å²) in [7, 11) is 1.61. The van der Waals surface area contributed by atoms with E-state index in [9.17, 15) is 9.59 Å². The minimum Gasteiger partial charge on any atom is -0.497 e. The zero-order valence-electron chi connectivity index (χ0n) is 16.4. The van der Waals surface area contributed by atoms with Crippen molar-refractivity contribution in [3.05, 3.63) is 65.4 Å². The number of fused-ring (bicyclic) bond motifs is 1. The largest absolute Gasteiger partial charge is 0.497 e. The van der Waals surface area contributed by atoms with Crippen LogP contribution in [0.5, 0.6) is 5.75 Å². The average molecular weight is 377 g/mol. The Hall–Kier alpha value is -3.41. The predicted molar refractivity (Wildman–Crippen MR) is 110 cm³/mol. The summed E-state index contributed by atoms with van der Waals surface area (Å²) in [6, 6.07) is 14.5. The van der Waals surface area contributed by atoms with Gasteiger partial charge in [-0.3, -0.25) is 14.6 Å². The van der Waals surface area contributed by atoms with Crippen molar-refractivity contribution < 1.29 is 14.3 Å². The number of anilines is 1. The molecule has 28 heavy (non-hydrogen) atoms. The number of pyridine rings is 1. The van der Waals surface area contributed by atoms with Gasteiger partial charge < -0.3 is 15.4 Å². The number of carbonyl (C=O) groups excluding carboxylic acids is 2. The zero-order chi connectivity index (χ0) is 20.3. The van der Waals surface area contributed by atoms with E-state index in [0.717, 1.165) is 22.4 Å². The first-order chi connectivity index (χ1) is 13.4. The molecule has 6 nitrogen and oxygen atoms in total. The van der Waals surface area contributed by atoms with Gasteiger partial charge in [-0.15, -0.1) is 0 Å². The first kappa shape index (κ1) is 19.4. The second-order valence-corrected chi connectivity index (χ2v) is 6.69. The van der Waals surface area contributed by atoms with Gasteiger partial charge in [0.2, 0.25) is 5.91 Å². The maximum absolute atomic E-state index is 13.0. The fourth-order valence-corrected chi connectivity index (χ4v) is 3.05. The molecule has 2 aromatic carbocycles. The number of rotatable bonds is 5. The number of hydrogen-bond donors (Lipinski definition) is 2. The predicted octanol–water partition coefficient (Wildman–Crippen LogP) is 4.00. The first-order valence-corrected chi connectivity index (χ1v) is 9.01. The third kappa shape index (κ3) is 4.28. The van der Waals surface area contributed by atoms with Crippen LogP contribution in [0.2, 0.25) is 0 Å². The molecule has 1 heterocycles. The second-order valence-electron chi connectivity index (χ2n) is 6.69. The molecular weight excluding hydrogens is 354 g/mol. The molecule has 0 aliphatic carbocycles. The molecule has 2 amide bonds. The quantitative estimate of drug-likeness (QED) is 0.704. The molecule has 6 heteroatoms. The maximum Gasteiger partial charge on any atom is 0.252 e. The van der Waals surface area contributed by atoms with Crippen LogP contribution in [-0.4, -0.2) is 23.9 Å². The van der Waals surface area contributed by atoms with E-state index in [1.54, 1.807) is 19.2 Å². The minimum atomic E-state index is -0.230. The molecule has 0 bridgehead atoms. The number of nitrogens with one attached hydrogen (secondary N) is 2. The topological polar surface area (TPSA) is 80.3 Å². The number of amides is 2. The highest BCUT2D eigenvalue weighted by atomic mass is 16.5. The Morgan fingerprint density at radius 2 is 1.79 bits per heavy atom. The lowest BCUT2D eigenvalue weighted by atomic mass is 10.0. The van der Waals surface area contributed by atoms with Crippen molar-refractivity contribution in [2.75, 3.05) is 12.4 Å². The van der Waals surface area contributed by atoms with Crippen LogP contribution < -0.4 is 15.4 Å². The Balaban J connectivity index is 1.93. The summed E-state index contributed by atoms with van der Waals surface area (Å²) in [5.74, 6) is 0.328. The standard InChI is InChI=1S/C22H23N3O3/c1-13-5-10-19-20(11-17(25-15(3)26)12-21(19)23-13)22(27)24-14(2)16-6-8-18(28-4)9-7-16/h5-12,14H,1-4H3,(H,24,27)(H,25,26). The third-order valence-corrected chi connectivity index (χ3v) is 4.47. The van der Waals surface area contributed by atoms with Gasteiger partial charge in [-0.05, 0) is 49.7 Å². The van der Waals surface area contributed by atoms with Crippen LogP contribution in [0.4, 0.5) is 5.69 Å². The summed E-state index contributed by atoms with van der Waals surface area (Å²) >= 11 is 0. The number of aryl methyl sites for hydroxylation is 1. The van der Waals surface area contributed by atoms with E-state index >= 15 is 0 Å². The summed E-state index contributed by atoms with van der Waals surface area (Å²) in [4.78, 5) is 29.0. The molecule has 144 valence electrons. The molecule has 0 saturated heterocycles. The Labute approximate surface area is 163 Å². The smallest absolute Gasteiger partial charge is 0.252 e. The third-order valence-electron chi connectivity index (χ3n) is 4.47. The molecule has 2 N–H and O–H groups in total. The van der Waals surface area contributed by atoms with Crippen LogP contribution in [0.1, 0.15) is 41.5 Å². The van der Waals surface area contributed by atoms with Gasteiger partial charge in [0.05, 0.1) is 24.2 Å². The molecule has 0 radical (unpaired) electrons. The van der Waals surface area contributed by atoms with Crippen molar-refractivity contribution in [3.8, 4) is 5.75 Å². The summed E-state index contributed by atoms with van der Waals surface area (Å²) in [5.41, 5.74) is 3.47. The van der Waals surface area contributed by atoms with Crippen LogP contribution in [0.3, 0.4) is 0 Å². The number of ether oxygens (including phenoxy) is 1. The zero-order valence-corrected chi connectivity index (χ0v) is 16.4. The number of carbonyl (C=O) groups is 2. The van der Waals surface area contributed by atoms with Gasteiger partial charge in [0, 0.05) is 23.7 Å². The first-order valence-electron chi connectivity index (χ1n) is 9.01. The van der Waals surface area contributed by atoms with Gasteiger partial charge in [0.15, 0.2) is 0 Å². The number of methoxy groups -OCH3 is 1. The van der Waals surface area contributed by atoms with Crippen molar-refractivity contribution in [1.82, 2.24) is 10.3 Å². The van der Waals surface area contributed by atoms with E-state index in [-0.39, 0.29) is 17.9 Å². The van der Waals surface area contributed by atoms with Crippen LogP contribution in [0.15, 0.2) is 48.5 Å². The monoisotopic (exact) mass is 377 g/mol. The Morgan fingerprint density at radius 3 is 2.43 bits per heavy atom. The van der Waals surface area contributed by atoms with E-state index in [0.29, 0.717) is 16.8 Å². The van der Waals surface area contributed by atoms with Crippen molar-refractivity contribution in [2.24, 2.45) is 0 Å². The molecule has 0 aliphatic rings. The lowest BCUT2D eigenvalue weighted by Gasteiger charge is -2.16. The van der Waals surface area contributed by atoms with Gasteiger partial charge in [0.25, 0.3) is 5.91 Å². The van der Waals surface area contributed by atoms with Crippen LogP contribution in [0.25, 0.3) is 10.9 Å². The summed E-state index contributed by atoms with van der Waals surface area (Å²) in [5, 5.41) is 6.49. The minimum absolute atomic E-state index is 0.198. The molecule has 0 saturated carbocycles. The molecule has 1 atom stereocenters. The van der Waals surface area contributed by atoms with Crippen molar-refractivity contribution >= 4 is 28.4 Å². The number of nitrogens with zero attached hydrogens (tertiary/aromatic N) is 1. The van der Waals surface area contributed by atoms with Crippen molar-refractivity contribution in [2.45, 2.75) is 26.8 Å². The average Bonchev–Trinajstić information content (AvgIpc) is 2.66. The van der Waals surface area contributed by atoms with E-state index in [2.05, 4.69) is 15.6 Å². The summed E-state index contributed by atoms with van der Waals surface area (Å²) in [6.45, 7) is 5.23. The second kappa shape index (κ2) is 8.08. The van der Waals surface area contributed by atoms with E-state index < -0.39 is 0 Å². The van der Waals surface area contributed by atoms with Gasteiger partial charge in [-0.2, -0.15) is 0 Å². The Kier molecular flexibility index (Phi) is 5.59. The molecule has 1 unspecified atom stereocenters. The van der Waals surface area contributed by atoms with Crippen LogP contribution >= 0.6 is 0 Å². The normalized spacial score (nSPS) is 11.7. The van der Waals surface area contributed by atoms with E-state index in [1.165, 1.54) is 6.92 Å². The molecule has 0 aliphatic heterocycles. The highest BCUT2D eigenvalue weighted by Crippen LogP contribution is 2.25. The molecule has 0 fully saturated rings. The van der Waals surface area contributed by atoms with Crippen LogP contribution in [-0.2, 0) is 4.79 Å². The number of aromatic nitrogens is 1. The Bertz CT molecular complexity index is 1030. The van der Waals surface area contributed by atoms with Gasteiger partial charge in [-0.1, -0.05) is 18.2 Å². The molecular formula is C22H23N3O3. The summed E-state index contributed by atoms with van der Waals surface area (Å²) < 4.78 is 5.17. The lowest BCUT2D eigenvalue weighted by Crippen LogP contribution is -2.27. The van der Waals surface area contributed by atoms with E-state index in [1.807, 2.05) is 50.2 Å². The fourth-order valence-electron chi connectivity index (χ4n) is 3.05. The van der Waals surface area contributed by atoms with Gasteiger partial charge in [0.1, 0.15) is 5.75 Å². The summed E-state index contributed by atoms with van der Waals surface area (Å²) in [6.07, 6.45) is 0. The SMILES string of the molecule is COc1ccc(C(C)NC(=O)c2cc(NC(C)=O)cc3nc(C)ccc23)cc1. The highest BCUT2D eigenvalue weighted by Gasteiger charge is 2.16. The molecule has 1 aromatic heterocycles. The van der Waals surface area contributed by atoms with Crippen LogP contribution in [0, 0.1) is 6.92 Å². The van der Waals surface area contributed by atoms with Gasteiger partial charge in [-0.25, -0.2) is 0 Å². The Morgan fingerprint density at radius 1 is 1.07 bits per heavy atom. The van der Waals surface area contributed by atoms with Gasteiger partial charge >= 0.3 is 0 Å².